The zero-order valence-corrected chi connectivity index (χ0v) is 10.6. The van der Waals surface area contributed by atoms with Gasteiger partial charge in [0.25, 0.3) is 0 Å². The van der Waals surface area contributed by atoms with Gasteiger partial charge in [-0.15, -0.1) is 0 Å². The number of hydrogen-bond donors (Lipinski definition) is 2. The molecule has 0 radical (unpaired) electrons. The number of halogens is 1. The van der Waals surface area contributed by atoms with Gasteiger partial charge in [0.1, 0.15) is 5.75 Å². The summed E-state index contributed by atoms with van der Waals surface area (Å²) in [5.41, 5.74) is 1.33. The molecule has 15 heavy (non-hydrogen) atoms. The number of rotatable bonds is 3. The first-order valence-corrected chi connectivity index (χ1v) is 5.54. The fourth-order valence-corrected chi connectivity index (χ4v) is 1.99. The monoisotopic (exact) mass is 272 g/mol. The van der Waals surface area contributed by atoms with E-state index in [0.29, 0.717) is 11.2 Å². The van der Waals surface area contributed by atoms with Crippen LogP contribution in [0.4, 0.5) is 0 Å². The maximum absolute atomic E-state index is 9.22. The Kier molecular flexibility index (Phi) is 4.19. The first-order valence-electron chi connectivity index (χ1n) is 4.74. The summed E-state index contributed by atoms with van der Waals surface area (Å²) in [6.45, 7) is 5.66. The number of aryl methyl sites for hydroxylation is 1. The molecule has 0 aliphatic rings. The Morgan fingerprint density at radius 3 is 2.40 bits per heavy atom. The Morgan fingerprint density at radius 2 is 1.93 bits per heavy atom. The molecule has 1 aromatic carbocycles. The van der Waals surface area contributed by atoms with Crippen molar-refractivity contribution in [3.05, 3.63) is 22.2 Å². The highest BCUT2D eigenvalue weighted by atomic mass is 79.9. The van der Waals surface area contributed by atoms with Crippen LogP contribution in [0.5, 0.6) is 5.75 Å². The van der Waals surface area contributed by atoms with Crippen molar-refractivity contribution in [2.24, 2.45) is 0 Å². The molecular weight excluding hydrogens is 259 g/mol. The molecule has 0 fully saturated rings. The lowest BCUT2D eigenvalue weighted by Crippen LogP contribution is -2.32. The molecule has 0 saturated carbocycles. The number of hydrogen-bond acceptors (Lipinski definition) is 3. The van der Waals surface area contributed by atoms with Crippen LogP contribution < -0.4 is 10.2 Å². The van der Waals surface area contributed by atoms with Gasteiger partial charge in [0.15, 0.2) is 0 Å². The molecule has 0 bridgehead atoms. The Bertz CT molecular complexity index is 353. The quantitative estimate of drug-likeness (QED) is 0.814. The van der Waals surface area contributed by atoms with Crippen molar-refractivity contribution in [2.75, 3.05) is 0 Å². The summed E-state index contributed by atoms with van der Waals surface area (Å²) >= 11 is 3.35. The molecule has 1 rings (SSSR count). The molecule has 0 spiro atoms. The highest BCUT2D eigenvalue weighted by Gasteiger charge is 2.20. The van der Waals surface area contributed by atoms with Crippen LogP contribution in [0, 0.1) is 6.92 Å². The van der Waals surface area contributed by atoms with E-state index >= 15 is 0 Å². The van der Waals surface area contributed by atoms with Gasteiger partial charge in [-0.1, -0.05) is 11.6 Å². The topological polar surface area (TPSA) is 49.7 Å². The minimum Gasteiger partial charge on any atom is -0.490 e. The molecule has 3 nitrogen and oxygen atoms in total. The van der Waals surface area contributed by atoms with E-state index < -0.39 is 7.12 Å². The van der Waals surface area contributed by atoms with Crippen molar-refractivity contribution in [1.82, 2.24) is 0 Å². The first kappa shape index (κ1) is 12.6. The molecular formula is C10H14BBrO3. The molecule has 5 heteroatoms. The number of ether oxygens (including phenoxy) is 1. The standard InChI is InChI=1S/C10H14BBrO3/c1-6(2)15-10-8(11(13)14)4-7(3)5-9(10)12/h4-6,13-14H,1-3H3. The second kappa shape index (κ2) is 5.01. The fourth-order valence-electron chi connectivity index (χ4n) is 1.31. The largest absolute Gasteiger partial charge is 0.492 e. The van der Waals surface area contributed by atoms with E-state index in [1.807, 2.05) is 26.8 Å². The van der Waals surface area contributed by atoms with Crippen molar-refractivity contribution in [3.63, 3.8) is 0 Å². The van der Waals surface area contributed by atoms with E-state index in [2.05, 4.69) is 15.9 Å². The predicted molar refractivity (Wildman–Crippen MR) is 64.5 cm³/mol. The van der Waals surface area contributed by atoms with Crippen LogP contribution in [0.1, 0.15) is 19.4 Å². The minimum atomic E-state index is -1.52. The van der Waals surface area contributed by atoms with Gasteiger partial charge in [0.05, 0.1) is 10.6 Å². The molecule has 0 unspecified atom stereocenters. The molecule has 0 heterocycles. The van der Waals surface area contributed by atoms with E-state index in [1.165, 1.54) is 0 Å². The second-order valence-electron chi connectivity index (χ2n) is 3.71. The average Bonchev–Trinajstić information content (AvgIpc) is 2.08. The van der Waals surface area contributed by atoms with Crippen LogP contribution >= 0.6 is 15.9 Å². The number of benzene rings is 1. The summed E-state index contributed by atoms with van der Waals surface area (Å²) in [6.07, 6.45) is -0.0125. The highest BCUT2D eigenvalue weighted by molar-refractivity contribution is 9.10. The third-order valence-electron chi connectivity index (χ3n) is 1.85. The molecule has 2 N–H and O–H groups in total. The van der Waals surface area contributed by atoms with Gasteiger partial charge >= 0.3 is 7.12 Å². The highest BCUT2D eigenvalue weighted by Crippen LogP contribution is 2.25. The molecule has 0 aliphatic carbocycles. The summed E-state index contributed by atoms with van der Waals surface area (Å²) in [5, 5.41) is 18.4. The van der Waals surface area contributed by atoms with E-state index in [0.717, 1.165) is 10.0 Å². The third kappa shape index (κ3) is 3.22. The minimum absolute atomic E-state index is 0.0125. The van der Waals surface area contributed by atoms with Crippen LogP contribution in [-0.4, -0.2) is 23.3 Å². The third-order valence-corrected chi connectivity index (χ3v) is 2.44. The summed E-state index contributed by atoms with van der Waals surface area (Å²) in [7, 11) is -1.52. The van der Waals surface area contributed by atoms with Crippen molar-refractivity contribution in [2.45, 2.75) is 26.9 Å². The van der Waals surface area contributed by atoms with Crippen molar-refractivity contribution in [1.29, 1.82) is 0 Å². The van der Waals surface area contributed by atoms with Gasteiger partial charge in [-0.2, -0.15) is 0 Å². The van der Waals surface area contributed by atoms with Gasteiger partial charge in [-0.25, -0.2) is 0 Å². The zero-order chi connectivity index (χ0) is 11.6. The van der Waals surface area contributed by atoms with Gasteiger partial charge in [0, 0.05) is 5.46 Å². The van der Waals surface area contributed by atoms with Crippen LogP contribution in [0.15, 0.2) is 16.6 Å². The molecule has 0 saturated heterocycles. The van der Waals surface area contributed by atoms with E-state index in [1.54, 1.807) is 6.07 Å². The molecule has 0 atom stereocenters. The molecule has 0 amide bonds. The van der Waals surface area contributed by atoms with Crippen LogP contribution in [0.2, 0.25) is 0 Å². The molecule has 0 aliphatic heterocycles. The van der Waals surface area contributed by atoms with Gasteiger partial charge in [-0.05, 0) is 42.8 Å². The Hall–Kier alpha value is -0.515. The van der Waals surface area contributed by atoms with Crippen LogP contribution in [0.25, 0.3) is 0 Å². The average molecular weight is 273 g/mol. The van der Waals surface area contributed by atoms with Gasteiger partial charge < -0.3 is 14.8 Å². The van der Waals surface area contributed by atoms with Crippen molar-refractivity contribution < 1.29 is 14.8 Å². The summed E-state index contributed by atoms with van der Waals surface area (Å²) in [4.78, 5) is 0. The van der Waals surface area contributed by atoms with Crippen molar-refractivity contribution >= 4 is 28.5 Å². The van der Waals surface area contributed by atoms with Gasteiger partial charge in [0.2, 0.25) is 0 Å². The lowest BCUT2D eigenvalue weighted by Gasteiger charge is -2.16. The molecule has 0 aromatic heterocycles. The Labute approximate surface area is 98.4 Å². The smallest absolute Gasteiger partial charge is 0.490 e. The van der Waals surface area contributed by atoms with Crippen LogP contribution in [-0.2, 0) is 0 Å². The SMILES string of the molecule is Cc1cc(Br)c(OC(C)C)c(B(O)O)c1. The lowest BCUT2D eigenvalue weighted by molar-refractivity contribution is 0.242. The van der Waals surface area contributed by atoms with E-state index in [-0.39, 0.29) is 6.10 Å². The van der Waals surface area contributed by atoms with E-state index in [4.69, 9.17) is 4.74 Å². The normalized spacial score (nSPS) is 10.6. The zero-order valence-electron chi connectivity index (χ0n) is 8.99. The second-order valence-corrected chi connectivity index (χ2v) is 4.56. The predicted octanol–water partition coefficient (Wildman–Crippen LogP) is 1.22. The molecule has 82 valence electrons. The lowest BCUT2D eigenvalue weighted by atomic mass is 9.79. The maximum Gasteiger partial charge on any atom is 0.492 e. The Balaban J connectivity index is 3.21. The first-order chi connectivity index (χ1) is 6.91. The molecule has 1 aromatic rings. The van der Waals surface area contributed by atoms with Gasteiger partial charge in [-0.3, -0.25) is 0 Å². The maximum atomic E-state index is 9.22. The Morgan fingerprint density at radius 1 is 1.33 bits per heavy atom. The summed E-state index contributed by atoms with van der Waals surface area (Å²) in [6, 6.07) is 3.58. The summed E-state index contributed by atoms with van der Waals surface area (Å²) < 4.78 is 6.26. The van der Waals surface area contributed by atoms with Crippen LogP contribution in [0.3, 0.4) is 0 Å². The fraction of sp³-hybridized carbons (Fsp3) is 0.400. The van der Waals surface area contributed by atoms with E-state index in [9.17, 15) is 10.0 Å². The summed E-state index contributed by atoms with van der Waals surface area (Å²) in [5.74, 6) is 0.491. The van der Waals surface area contributed by atoms with Crippen molar-refractivity contribution in [3.8, 4) is 5.75 Å².